The van der Waals surface area contributed by atoms with E-state index in [0.717, 1.165) is 5.56 Å². The second-order valence-corrected chi connectivity index (χ2v) is 7.10. The molecule has 0 atom stereocenters. The fourth-order valence-corrected chi connectivity index (χ4v) is 3.17. The molecule has 0 bridgehead atoms. The lowest BCUT2D eigenvalue weighted by molar-refractivity contribution is -0.122. The van der Waals surface area contributed by atoms with Crippen LogP contribution in [0.25, 0.3) is 0 Å². The molecule has 1 heterocycles. The SMILES string of the molecule is CCNC(=O)CCCN1C(=O)COc2ccc(C(=O)COc3ccc(C)cc3)cc21. The van der Waals surface area contributed by atoms with Crippen molar-refractivity contribution in [1.29, 1.82) is 0 Å². The van der Waals surface area contributed by atoms with E-state index in [4.69, 9.17) is 9.47 Å². The third-order valence-electron chi connectivity index (χ3n) is 4.77. The van der Waals surface area contributed by atoms with Gasteiger partial charge in [0.2, 0.25) is 5.91 Å². The molecule has 1 N–H and O–H groups in total. The van der Waals surface area contributed by atoms with Crippen molar-refractivity contribution in [3.63, 3.8) is 0 Å². The third kappa shape index (κ3) is 5.37. The summed E-state index contributed by atoms with van der Waals surface area (Å²) >= 11 is 0. The van der Waals surface area contributed by atoms with Crippen LogP contribution < -0.4 is 19.7 Å². The molecule has 0 saturated heterocycles. The Balaban J connectivity index is 1.67. The summed E-state index contributed by atoms with van der Waals surface area (Å²) in [5, 5.41) is 2.74. The van der Waals surface area contributed by atoms with Crippen molar-refractivity contribution in [2.24, 2.45) is 0 Å². The van der Waals surface area contributed by atoms with Gasteiger partial charge in [0.15, 0.2) is 19.0 Å². The Morgan fingerprint density at radius 1 is 1.17 bits per heavy atom. The number of ether oxygens (including phenoxy) is 2. The van der Waals surface area contributed by atoms with E-state index in [1.54, 1.807) is 23.1 Å². The van der Waals surface area contributed by atoms with Gasteiger partial charge in [-0.1, -0.05) is 17.7 Å². The highest BCUT2D eigenvalue weighted by Gasteiger charge is 2.26. The van der Waals surface area contributed by atoms with E-state index in [-0.39, 0.29) is 30.8 Å². The smallest absolute Gasteiger partial charge is 0.265 e. The van der Waals surface area contributed by atoms with Gasteiger partial charge in [-0.3, -0.25) is 14.4 Å². The topological polar surface area (TPSA) is 84.9 Å². The van der Waals surface area contributed by atoms with E-state index in [2.05, 4.69) is 5.32 Å². The number of Topliss-reactive ketones (excluding diaryl/α,β-unsaturated/α-hetero) is 1. The van der Waals surface area contributed by atoms with Crippen molar-refractivity contribution in [2.75, 3.05) is 31.2 Å². The molecule has 0 aromatic heterocycles. The van der Waals surface area contributed by atoms with Crippen LogP contribution in [-0.2, 0) is 9.59 Å². The maximum Gasteiger partial charge on any atom is 0.265 e. The van der Waals surface area contributed by atoms with Gasteiger partial charge < -0.3 is 19.7 Å². The molecule has 7 heteroatoms. The number of fused-ring (bicyclic) bond motifs is 1. The van der Waals surface area contributed by atoms with Crippen LogP contribution in [0.4, 0.5) is 5.69 Å². The van der Waals surface area contributed by atoms with E-state index in [0.29, 0.717) is 48.7 Å². The van der Waals surface area contributed by atoms with Crippen LogP contribution >= 0.6 is 0 Å². The number of ketones is 1. The molecular weight excluding hydrogens is 384 g/mol. The first-order chi connectivity index (χ1) is 14.5. The molecule has 158 valence electrons. The van der Waals surface area contributed by atoms with E-state index in [1.165, 1.54) is 0 Å². The van der Waals surface area contributed by atoms with Gasteiger partial charge in [0.25, 0.3) is 5.91 Å². The molecule has 0 fully saturated rings. The number of amides is 2. The quantitative estimate of drug-likeness (QED) is 0.643. The van der Waals surface area contributed by atoms with Crippen molar-refractivity contribution in [2.45, 2.75) is 26.7 Å². The first-order valence-corrected chi connectivity index (χ1v) is 10.0. The first kappa shape index (κ1) is 21.4. The molecule has 2 amide bonds. The molecule has 30 heavy (non-hydrogen) atoms. The molecule has 0 unspecified atom stereocenters. The summed E-state index contributed by atoms with van der Waals surface area (Å²) in [6.07, 6.45) is 0.850. The minimum atomic E-state index is -0.196. The van der Waals surface area contributed by atoms with Gasteiger partial charge in [-0.25, -0.2) is 0 Å². The Morgan fingerprint density at radius 2 is 1.93 bits per heavy atom. The van der Waals surface area contributed by atoms with Gasteiger partial charge in [-0.05, 0) is 50.6 Å². The fourth-order valence-electron chi connectivity index (χ4n) is 3.17. The summed E-state index contributed by atoms with van der Waals surface area (Å²) in [5.41, 5.74) is 2.09. The van der Waals surface area contributed by atoms with E-state index in [9.17, 15) is 14.4 Å². The highest BCUT2D eigenvalue weighted by Crippen LogP contribution is 2.33. The number of aryl methyl sites for hydroxylation is 1. The molecule has 0 saturated carbocycles. The summed E-state index contributed by atoms with van der Waals surface area (Å²) in [6.45, 7) is 4.64. The predicted octanol–water partition coefficient (Wildman–Crippen LogP) is 2.90. The van der Waals surface area contributed by atoms with Crippen molar-refractivity contribution >= 4 is 23.3 Å². The molecule has 1 aliphatic heterocycles. The van der Waals surface area contributed by atoms with Crippen LogP contribution in [0.2, 0.25) is 0 Å². The van der Waals surface area contributed by atoms with Gasteiger partial charge >= 0.3 is 0 Å². The Kier molecular flexibility index (Phi) is 7.06. The number of rotatable bonds is 9. The zero-order valence-electron chi connectivity index (χ0n) is 17.3. The van der Waals surface area contributed by atoms with Crippen LogP contribution in [0.5, 0.6) is 11.5 Å². The summed E-state index contributed by atoms with van der Waals surface area (Å²) in [4.78, 5) is 38.2. The second-order valence-electron chi connectivity index (χ2n) is 7.10. The van der Waals surface area contributed by atoms with Crippen molar-refractivity contribution < 1.29 is 23.9 Å². The number of carbonyl (C=O) groups is 3. The monoisotopic (exact) mass is 410 g/mol. The maximum atomic E-state index is 12.6. The zero-order valence-corrected chi connectivity index (χ0v) is 17.3. The number of benzene rings is 2. The summed E-state index contributed by atoms with van der Waals surface area (Å²) in [6, 6.07) is 12.5. The molecule has 2 aromatic rings. The van der Waals surface area contributed by atoms with Gasteiger partial charge in [0.1, 0.15) is 11.5 Å². The van der Waals surface area contributed by atoms with Crippen LogP contribution in [0.15, 0.2) is 42.5 Å². The highest BCUT2D eigenvalue weighted by molar-refractivity contribution is 6.02. The number of nitrogens with one attached hydrogen (secondary N) is 1. The average Bonchev–Trinajstić information content (AvgIpc) is 2.74. The third-order valence-corrected chi connectivity index (χ3v) is 4.77. The Hall–Kier alpha value is -3.35. The van der Waals surface area contributed by atoms with Crippen LogP contribution in [-0.4, -0.2) is 43.9 Å². The minimum absolute atomic E-state index is 0.0457. The molecule has 1 aliphatic rings. The zero-order chi connectivity index (χ0) is 21.5. The molecular formula is C23H26N2O5. The van der Waals surface area contributed by atoms with E-state index < -0.39 is 0 Å². The first-order valence-electron chi connectivity index (χ1n) is 10.0. The number of hydrogen-bond donors (Lipinski definition) is 1. The van der Waals surface area contributed by atoms with Crippen LogP contribution in [0.1, 0.15) is 35.7 Å². The van der Waals surface area contributed by atoms with Gasteiger partial charge in [-0.15, -0.1) is 0 Å². The van der Waals surface area contributed by atoms with Gasteiger partial charge in [0, 0.05) is 25.1 Å². The summed E-state index contributed by atoms with van der Waals surface area (Å²) < 4.78 is 11.1. The molecule has 3 rings (SSSR count). The average molecular weight is 410 g/mol. The Bertz CT molecular complexity index is 924. The minimum Gasteiger partial charge on any atom is -0.485 e. The largest absolute Gasteiger partial charge is 0.485 e. The van der Waals surface area contributed by atoms with Crippen molar-refractivity contribution in [3.05, 3.63) is 53.6 Å². The maximum absolute atomic E-state index is 12.6. The second kappa shape index (κ2) is 9.91. The van der Waals surface area contributed by atoms with Crippen LogP contribution in [0, 0.1) is 6.92 Å². The van der Waals surface area contributed by atoms with E-state index in [1.807, 2.05) is 38.1 Å². The number of carbonyl (C=O) groups excluding carboxylic acids is 3. The predicted molar refractivity (Wildman–Crippen MR) is 113 cm³/mol. The molecule has 0 spiro atoms. The van der Waals surface area contributed by atoms with Gasteiger partial charge in [0.05, 0.1) is 5.69 Å². The lowest BCUT2D eigenvalue weighted by Crippen LogP contribution is -2.40. The number of anilines is 1. The van der Waals surface area contributed by atoms with E-state index >= 15 is 0 Å². The standard InChI is InChI=1S/C23H26N2O5/c1-3-24-22(27)5-4-12-25-19-13-17(8-11-21(19)30-15-23(25)28)20(26)14-29-18-9-6-16(2)7-10-18/h6-11,13H,3-5,12,14-15H2,1-2H3,(H,24,27). The van der Waals surface area contributed by atoms with Crippen molar-refractivity contribution in [3.8, 4) is 11.5 Å². The fraction of sp³-hybridized carbons (Fsp3) is 0.348. The van der Waals surface area contributed by atoms with Crippen LogP contribution in [0.3, 0.4) is 0 Å². The molecule has 0 radical (unpaired) electrons. The number of nitrogens with zero attached hydrogens (tertiary/aromatic N) is 1. The van der Waals surface area contributed by atoms with Crippen molar-refractivity contribution in [1.82, 2.24) is 5.32 Å². The number of hydrogen-bond acceptors (Lipinski definition) is 5. The summed E-state index contributed by atoms with van der Waals surface area (Å²) in [7, 11) is 0. The molecule has 2 aromatic carbocycles. The highest BCUT2D eigenvalue weighted by atomic mass is 16.5. The molecule has 7 nitrogen and oxygen atoms in total. The summed E-state index contributed by atoms with van der Waals surface area (Å²) in [5.74, 6) is 0.731. The van der Waals surface area contributed by atoms with Gasteiger partial charge in [-0.2, -0.15) is 0 Å². The lowest BCUT2D eigenvalue weighted by Gasteiger charge is -2.29. The Morgan fingerprint density at radius 3 is 2.67 bits per heavy atom. The lowest BCUT2D eigenvalue weighted by atomic mass is 10.1. The Labute approximate surface area is 176 Å². The normalized spacial score (nSPS) is 12.7. The molecule has 0 aliphatic carbocycles.